The number of rotatable bonds is 30. The number of hydrogen-bond donors (Lipinski definition) is 0. The van der Waals surface area contributed by atoms with Crippen LogP contribution in [0.25, 0.3) is 0 Å². The molecule has 9 aromatic carbocycles. The first kappa shape index (κ1) is 78.0. The van der Waals surface area contributed by atoms with Crippen LogP contribution in [0.1, 0.15) is 88.4 Å². The van der Waals surface area contributed by atoms with E-state index < -0.39 is 172 Å². The first-order valence-electron chi connectivity index (χ1n) is 34.9. The van der Waals surface area contributed by atoms with Gasteiger partial charge in [-0.3, -0.25) is 4.79 Å². The van der Waals surface area contributed by atoms with Crippen molar-refractivity contribution < 1.29 is 119 Å². The third kappa shape index (κ3) is 20.4. The minimum absolute atomic E-state index is 0.0207. The number of methoxy groups -OCH3 is 1. The van der Waals surface area contributed by atoms with Gasteiger partial charge in [0.05, 0.1) is 57.7 Å². The van der Waals surface area contributed by atoms with Crippen molar-refractivity contribution in [1.82, 2.24) is 0 Å². The van der Waals surface area contributed by atoms with Crippen molar-refractivity contribution >= 4 is 64.6 Å². The number of benzene rings is 9. The molecule has 26 heteroatoms. The fourth-order valence-corrected chi connectivity index (χ4v) is 12.4. The fourth-order valence-electron chi connectivity index (χ4n) is 12.3. The van der Waals surface area contributed by atoms with E-state index in [2.05, 4.69) is 0 Å². The maximum atomic E-state index is 15.4. The lowest BCUT2D eigenvalue weighted by molar-refractivity contribution is -0.378. The van der Waals surface area contributed by atoms with Crippen LogP contribution in [0.15, 0.2) is 273 Å². The third-order valence-corrected chi connectivity index (χ3v) is 17.8. The van der Waals surface area contributed by atoms with Crippen molar-refractivity contribution in [2.24, 2.45) is 0 Å². The van der Waals surface area contributed by atoms with Crippen molar-refractivity contribution in [3.05, 3.63) is 323 Å². The van der Waals surface area contributed by atoms with Crippen LogP contribution in [0.4, 0.5) is 0 Å². The maximum Gasteiger partial charge on any atom is 0.338 e. The van der Waals surface area contributed by atoms with Crippen LogP contribution in [-0.4, -0.2) is 179 Å². The molecule has 3 aliphatic heterocycles. The number of carbonyl (C=O) groups is 9. The van der Waals surface area contributed by atoms with Gasteiger partial charge in [0.2, 0.25) is 5.24 Å². The second kappa shape index (κ2) is 38.5. The zero-order valence-electron chi connectivity index (χ0n) is 58.8. The highest BCUT2D eigenvalue weighted by atomic mass is 35.5. The van der Waals surface area contributed by atoms with Gasteiger partial charge in [0.15, 0.2) is 55.5 Å². The van der Waals surface area contributed by atoms with Crippen LogP contribution in [0.3, 0.4) is 0 Å². The SMILES string of the molecule is CO[C@H]1O[C@H](COC(=O)c2ccccc2)[C@@H](O[C@@H]2O[C@H](COCC(=O)Cl)[C@H](OC(=O)c3ccccc3)[C@H](O[C@H]3O[C@H](COC(=O)c4ccccc4)[C@H](OC(=O)c4ccccc4)[C@H](OCc4ccccc4)[C@H]3OC(=O)c3ccccc3)[C@H]2OC(=O)c2ccccc2)[C@H](OC(=O)c2ccccc2)[C@@H]1OC(=O)c1ccccc1. The lowest BCUT2D eigenvalue weighted by atomic mass is 9.94. The van der Waals surface area contributed by atoms with Crippen LogP contribution in [0.2, 0.25) is 0 Å². The fraction of sp³-hybridized carbons (Fsp3) is 0.250. The molecule has 0 unspecified atom stereocenters. The summed E-state index contributed by atoms with van der Waals surface area (Å²) in [5, 5.41) is -1.00. The van der Waals surface area contributed by atoms with E-state index in [1.807, 2.05) is 0 Å². The standard InChI is InChI=1S/C84H73ClO25/c1-95-82-72(107-80(93)59-43-25-9-26-44-59)69(105-78(91)57-39-21-7-22-40-57)67(63(100-82)50-99-75(88)54-33-15-4-16-34-54)109-84-73(108-81(94)60-45-27-10-28-46-60)70(66(61(101-84)48-96-51-64(85)86)104-77(90)56-37-19-6-20-38-56)110-83-71(106-79(92)58-41-23-8-24-42-58)68(97-47-52-29-11-2-12-30-52)65(103-76(89)55-35-17-5-18-36-55)62(102-83)49-98-74(87)53-31-13-3-14-32-53/h2-46,61-63,65-73,82-84H,47-51H2,1H3/t61-,62-,63-,65+,66+,67-,68+,69+,70+,71-,72+,73-,82+,83-,84+/m1/s1. The molecule has 12 rings (SSSR count). The monoisotopic (exact) mass is 1520 g/mol. The summed E-state index contributed by atoms with van der Waals surface area (Å²) >= 11 is 5.96. The van der Waals surface area contributed by atoms with Gasteiger partial charge in [-0.15, -0.1) is 0 Å². The molecule has 566 valence electrons. The second-order valence-electron chi connectivity index (χ2n) is 25.0. The molecule has 0 N–H and O–H groups in total. The van der Waals surface area contributed by atoms with Crippen LogP contribution in [0, 0.1) is 0 Å². The molecule has 9 aromatic rings. The van der Waals surface area contributed by atoms with Gasteiger partial charge in [-0.25, -0.2) is 38.4 Å². The van der Waals surface area contributed by atoms with Crippen molar-refractivity contribution in [2.45, 2.75) is 98.7 Å². The van der Waals surface area contributed by atoms with Gasteiger partial charge < -0.3 is 75.8 Å². The molecule has 3 saturated heterocycles. The Bertz CT molecular complexity index is 4520. The zero-order chi connectivity index (χ0) is 76.7. The Balaban J connectivity index is 1.06. The molecule has 110 heavy (non-hydrogen) atoms. The van der Waals surface area contributed by atoms with E-state index in [9.17, 15) is 28.8 Å². The van der Waals surface area contributed by atoms with E-state index in [0.29, 0.717) is 5.56 Å². The molecular weight excluding hydrogens is 1440 g/mol. The third-order valence-electron chi connectivity index (χ3n) is 17.7. The average molecular weight is 1520 g/mol. The summed E-state index contributed by atoms with van der Waals surface area (Å²) in [5.41, 5.74) is 0.595. The molecule has 0 aromatic heterocycles. The van der Waals surface area contributed by atoms with Gasteiger partial charge in [0.1, 0.15) is 56.4 Å². The molecule has 3 aliphatic rings. The van der Waals surface area contributed by atoms with E-state index in [-0.39, 0.29) is 51.1 Å². The normalized spacial score (nSPS) is 23.5. The minimum Gasteiger partial charge on any atom is -0.459 e. The molecule has 3 fully saturated rings. The van der Waals surface area contributed by atoms with Crippen LogP contribution in [-0.2, 0) is 87.2 Å². The first-order valence-corrected chi connectivity index (χ1v) is 35.3. The molecule has 0 radical (unpaired) electrons. The Hall–Kier alpha value is -11.6. The van der Waals surface area contributed by atoms with Crippen LogP contribution < -0.4 is 0 Å². The van der Waals surface area contributed by atoms with E-state index >= 15 is 14.4 Å². The lowest BCUT2D eigenvalue weighted by Gasteiger charge is -2.50. The Morgan fingerprint density at radius 2 is 0.555 bits per heavy atom. The lowest BCUT2D eigenvalue weighted by Crippen LogP contribution is -2.69. The quantitative estimate of drug-likeness (QED) is 0.0229. The highest BCUT2D eigenvalue weighted by Gasteiger charge is 2.60. The number of esters is 8. The highest BCUT2D eigenvalue weighted by molar-refractivity contribution is 6.63. The number of ether oxygens (including phenoxy) is 16. The maximum absolute atomic E-state index is 15.4. The molecule has 0 aliphatic carbocycles. The Morgan fingerprint density at radius 3 is 0.900 bits per heavy atom. The minimum atomic E-state index is -2.25. The predicted molar refractivity (Wildman–Crippen MR) is 387 cm³/mol. The molecule has 0 spiro atoms. The van der Waals surface area contributed by atoms with Crippen LogP contribution in [0.5, 0.6) is 0 Å². The molecular formula is C84H73ClO25. The summed E-state index contributed by atoms with van der Waals surface area (Å²) in [6.07, 6.45) is -28.9. The summed E-state index contributed by atoms with van der Waals surface area (Å²) in [6.45, 7) is -3.45. The number of carbonyl (C=O) groups excluding carboxylic acids is 9. The van der Waals surface area contributed by atoms with Crippen LogP contribution >= 0.6 is 11.6 Å². The smallest absolute Gasteiger partial charge is 0.338 e. The molecule has 0 bridgehead atoms. The summed E-state index contributed by atoms with van der Waals surface area (Å²) < 4.78 is 105. The van der Waals surface area contributed by atoms with Crippen molar-refractivity contribution in [3.8, 4) is 0 Å². The molecule has 15 atom stereocenters. The topological polar surface area (TPSA) is 301 Å². The molecule has 25 nitrogen and oxygen atoms in total. The van der Waals surface area contributed by atoms with Crippen molar-refractivity contribution in [2.75, 3.05) is 33.5 Å². The molecule has 3 heterocycles. The van der Waals surface area contributed by atoms with E-state index in [0.717, 1.165) is 0 Å². The van der Waals surface area contributed by atoms with E-state index in [4.69, 9.17) is 87.4 Å². The van der Waals surface area contributed by atoms with E-state index in [1.165, 1.54) is 116 Å². The van der Waals surface area contributed by atoms with Gasteiger partial charge in [-0.1, -0.05) is 176 Å². The zero-order valence-corrected chi connectivity index (χ0v) is 59.5. The predicted octanol–water partition coefficient (Wildman–Crippen LogP) is 11.0. The summed E-state index contributed by atoms with van der Waals surface area (Å²) in [5.74, 6) is -7.94. The molecule has 0 saturated carbocycles. The Morgan fingerprint density at radius 1 is 0.291 bits per heavy atom. The van der Waals surface area contributed by atoms with Gasteiger partial charge in [-0.2, -0.15) is 0 Å². The van der Waals surface area contributed by atoms with Gasteiger partial charge in [0, 0.05) is 7.11 Å². The Kier molecular flexibility index (Phi) is 27.3. The second-order valence-corrected chi connectivity index (χ2v) is 25.5. The van der Waals surface area contributed by atoms with Crippen molar-refractivity contribution in [1.29, 1.82) is 0 Å². The van der Waals surface area contributed by atoms with E-state index in [1.54, 1.807) is 164 Å². The van der Waals surface area contributed by atoms with Gasteiger partial charge in [-0.05, 0) is 114 Å². The number of halogens is 1. The molecule has 0 amide bonds. The first-order chi connectivity index (χ1) is 53.7. The summed E-state index contributed by atoms with van der Waals surface area (Å²) in [7, 11) is 1.21. The Labute approximate surface area is 635 Å². The highest BCUT2D eigenvalue weighted by Crippen LogP contribution is 2.40. The summed E-state index contributed by atoms with van der Waals surface area (Å²) in [4.78, 5) is 131. The largest absolute Gasteiger partial charge is 0.459 e. The average Bonchev–Trinajstić information content (AvgIpc) is 0.757. The van der Waals surface area contributed by atoms with Gasteiger partial charge >= 0.3 is 47.8 Å². The van der Waals surface area contributed by atoms with Crippen molar-refractivity contribution in [3.63, 3.8) is 0 Å². The summed E-state index contributed by atoms with van der Waals surface area (Å²) in [6, 6.07) is 70.4. The number of hydrogen-bond acceptors (Lipinski definition) is 25. The van der Waals surface area contributed by atoms with Gasteiger partial charge in [0.25, 0.3) is 0 Å².